The molecule has 1 aromatic rings. The number of aromatic nitrogens is 2. The molecule has 3 heterocycles. The fraction of sp³-hybridized carbons (Fsp3) is 0.500. The molecule has 1 aromatic heterocycles. The predicted molar refractivity (Wildman–Crippen MR) is 65.4 cm³/mol. The third kappa shape index (κ3) is 2.02. The summed E-state index contributed by atoms with van der Waals surface area (Å²) in [6.45, 7) is 0.178. The largest absolute Gasteiger partial charge is 0.480 e. The number of hydrogen-bond donors (Lipinski definition) is 3. The number of fused-ring (bicyclic) bond motifs is 1. The van der Waals surface area contributed by atoms with Gasteiger partial charge in [0.25, 0.3) is 0 Å². The molecular formula is C12H14N4O4. The van der Waals surface area contributed by atoms with E-state index in [1.165, 1.54) is 11.2 Å². The Morgan fingerprint density at radius 3 is 2.90 bits per heavy atom. The lowest BCUT2D eigenvalue weighted by Crippen LogP contribution is -2.54. The first kappa shape index (κ1) is 12.6. The summed E-state index contributed by atoms with van der Waals surface area (Å²) in [5, 5.41) is 11.9. The second kappa shape index (κ2) is 4.62. The molecule has 0 bridgehead atoms. The fourth-order valence-corrected chi connectivity index (χ4v) is 2.69. The number of carboxylic acid groups (broad SMARTS) is 1. The van der Waals surface area contributed by atoms with Crippen LogP contribution in [0, 0.1) is 0 Å². The van der Waals surface area contributed by atoms with Gasteiger partial charge in [-0.15, -0.1) is 0 Å². The second-order valence-electron chi connectivity index (χ2n) is 5.01. The fourth-order valence-electron chi connectivity index (χ4n) is 2.69. The molecular weight excluding hydrogens is 264 g/mol. The molecule has 0 aromatic carbocycles. The Morgan fingerprint density at radius 2 is 2.25 bits per heavy atom. The summed E-state index contributed by atoms with van der Waals surface area (Å²) in [4.78, 5) is 43.3. The number of H-pyrrole nitrogens is 1. The smallest absolute Gasteiger partial charge is 0.326 e. The molecule has 8 heteroatoms. The van der Waals surface area contributed by atoms with Crippen LogP contribution in [0.25, 0.3) is 0 Å². The molecule has 8 nitrogen and oxygen atoms in total. The van der Waals surface area contributed by atoms with Crippen molar-refractivity contribution in [3.05, 3.63) is 17.7 Å². The number of amides is 2. The third-order valence-corrected chi connectivity index (χ3v) is 3.76. The van der Waals surface area contributed by atoms with Gasteiger partial charge in [0, 0.05) is 12.8 Å². The number of rotatable bonds is 2. The summed E-state index contributed by atoms with van der Waals surface area (Å²) >= 11 is 0. The number of nitrogens with zero attached hydrogens (tertiary/aromatic N) is 2. The van der Waals surface area contributed by atoms with E-state index >= 15 is 0 Å². The van der Waals surface area contributed by atoms with Crippen molar-refractivity contribution >= 4 is 17.8 Å². The zero-order valence-electron chi connectivity index (χ0n) is 10.6. The van der Waals surface area contributed by atoms with E-state index in [0.717, 1.165) is 5.69 Å². The Balaban J connectivity index is 1.84. The number of carbonyl (C=O) groups is 3. The van der Waals surface area contributed by atoms with Crippen LogP contribution < -0.4 is 5.32 Å². The monoisotopic (exact) mass is 278 g/mol. The van der Waals surface area contributed by atoms with Gasteiger partial charge in [-0.25, -0.2) is 9.78 Å². The van der Waals surface area contributed by atoms with Gasteiger partial charge in [-0.05, 0) is 6.42 Å². The van der Waals surface area contributed by atoms with Crippen LogP contribution in [0.3, 0.4) is 0 Å². The summed E-state index contributed by atoms with van der Waals surface area (Å²) < 4.78 is 0. The van der Waals surface area contributed by atoms with Crippen LogP contribution in [-0.4, -0.2) is 49.8 Å². The summed E-state index contributed by atoms with van der Waals surface area (Å²) in [6.07, 6.45) is 2.39. The molecule has 1 saturated heterocycles. The summed E-state index contributed by atoms with van der Waals surface area (Å²) in [7, 11) is 0. The molecule has 1 unspecified atom stereocenters. The molecule has 2 amide bonds. The lowest BCUT2D eigenvalue weighted by molar-refractivity contribution is -0.152. The Bertz CT molecular complexity index is 582. The molecule has 0 aliphatic carbocycles. The molecule has 0 spiro atoms. The Morgan fingerprint density at radius 1 is 1.45 bits per heavy atom. The van der Waals surface area contributed by atoms with E-state index in [1.807, 2.05) is 0 Å². The first-order chi connectivity index (χ1) is 9.56. The lowest BCUT2D eigenvalue weighted by atomic mass is 10.0. The van der Waals surface area contributed by atoms with Crippen LogP contribution in [0.15, 0.2) is 6.33 Å². The molecule has 20 heavy (non-hydrogen) atoms. The van der Waals surface area contributed by atoms with Gasteiger partial charge < -0.3 is 20.3 Å². The standard InChI is InChI=1S/C12H14N4O4/c17-10-2-1-6(15-10)11(18)16-4-8-7(13-5-14-8)3-9(16)12(19)20/h5-6,9H,1-4H2,(H,13,14)(H,15,17)(H,19,20)/t6-,9?/m0/s1. The van der Waals surface area contributed by atoms with Crippen molar-refractivity contribution in [1.29, 1.82) is 0 Å². The predicted octanol–water partition coefficient (Wildman–Crippen LogP) is -0.974. The highest BCUT2D eigenvalue weighted by atomic mass is 16.4. The minimum Gasteiger partial charge on any atom is -0.480 e. The highest BCUT2D eigenvalue weighted by molar-refractivity contribution is 5.93. The molecule has 3 rings (SSSR count). The number of nitrogens with one attached hydrogen (secondary N) is 2. The number of aromatic amines is 1. The minimum absolute atomic E-state index is 0.172. The highest BCUT2D eigenvalue weighted by Gasteiger charge is 2.40. The Labute approximate surface area is 114 Å². The van der Waals surface area contributed by atoms with E-state index in [-0.39, 0.29) is 24.8 Å². The number of hydrogen-bond acceptors (Lipinski definition) is 4. The molecule has 2 aliphatic heterocycles. The van der Waals surface area contributed by atoms with Gasteiger partial charge in [0.05, 0.1) is 24.3 Å². The minimum atomic E-state index is -1.06. The average Bonchev–Trinajstić information content (AvgIpc) is 3.04. The average molecular weight is 278 g/mol. The van der Waals surface area contributed by atoms with Gasteiger partial charge in [-0.2, -0.15) is 0 Å². The quantitative estimate of drug-likeness (QED) is 0.643. The van der Waals surface area contributed by atoms with E-state index in [0.29, 0.717) is 18.5 Å². The van der Waals surface area contributed by atoms with E-state index in [4.69, 9.17) is 0 Å². The zero-order chi connectivity index (χ0) is 14.3. The molecule has 3 N–H and O–H groups in total. The van der Waals surface area contributed by atoms with Crippen molar-refractivity contribution in [3.63, 3.8) is 0 Å². The van der Waals surface area contributed by atoms with Gasteiger partial charge >= 0.3 is 5.97 Å². The third-order valence-electron chi connectivity index (χ3n) is 3.76. The molecule has 2 aliphatic rings. The van der Waals surface area contributed by atoms with Gasteiger partial charge in [-0.3, -0.25) is 9.59 Å². The normalized spacial score (nSPS) is 25.2. The van der Waals surface area contributed by atoms with E-state index in [1.54, 1.807) is 0 Å². The van der Waals surface area contributed by atoms with E-state index in [9.17, 15) is 19.5 Å². The van der Waals surface area contributed by atoms with Crippen LogP contribution in [0.1, 0.15) is 24.2 Å². The van der Waals surface area contributed by atoms with Crippen molar-refractivity contribution in [2.45, 2.75) is 37.9 Å². The van der Waals surface area contributed by atoms with Crippen LogP contribution in [0.4, 0.5) is 0 Å². The maximum absolute atomic E-state index is 12.4. The van der Waals surface area contributed by atoms with E-state index < -0.39 is 18.1 Å². The van der Waals surface area contributed by atoms with Gasteiger partial charge in [0.1, 0.15) is 12.1 Å². The van der Waals surface area contributed by atoms with Crippen LogP contribution in [0.2, 0.25) is 0 Å². The number of carboxylic acids is 1. The number of aliphatic carboxylic acids is 1. The van der Waals surface area contributed by atoms with Crippen molar-refractivity contribution in [2.75, 3.05) is 0 Å². The first-order valence-electron chi connectivity index (χ1n) is 6.40. The Kier molecular flexibility index (Phi) is 2.92. The zero-order valence-corrected chi connectivity index (χ0v) is 10.6. The topological polar surface area (TPSA) is 115 Å². The first-order valence-corrected chi connectivity index (χ1v) is 6.40. The molecule has 1 fully saturated rings. The maximum Gasteiger partial charge on any atom is 0.326 e. The van der Waals surface area contributed by atoms with Crippen molar-refractivity contribution in [1.82, 2.24) is 20.2 Å². The van der Waals surface area contributed by atoms with Gasteiger partial charge in [0.2, 0.25) is 11.8 Å². The SMILES string of the molecule is O=C1CC[C@@H](C(=O)N2Cc3[nH]cnc3CC2C(=O)O)N1. The number of carbonyl (C=O) groups excluding carboxylic acids is 2. The molecule has 0 saturated carbocycles. The molecule has 0 radical (unpaired) electrons. The summed E-state index contributed by atoms with van der Waals surface area (Å²) in [6, 6.07) is -1.55. The van der Waals surface area contributed by atoms with Crippen LogP contribution >= 0.6 is 0 Å². The van der Waals surface area contributed by atoms with Gasteiger partial charge in [0.15, 0.2) is 0 Å². The maximum atomic E-state index is 12.4. The lowest BCUT2D eigenvalue weighted by Gasteiger charge is -2.33. The van der Waals surface area contributed by atoms with E-state index in [2.05, 4.69) is 15.3 Å². The summed E-state index contributed by atoms with van der Waals surface area (Å²) in [5.74, 6) is -1.57. The molecule has 2 atom stereocenters. The van der Waals surface area contributed by atoms with Crippen LogP contribution in [-0.2, 0) is 27.3 Å². The highest BCUT2D eigenvalue weighted by Crippen LogP contribution is 2.23. The Hall–Kier alpha value is -2.38. The van der Waals surface area contributed by atoms with Crippen LogP contribution in [0.5, 0.6) is 0 Å². The number of imidazole rings is 1. The summed E-state index contributed by atoms with van der Waals surface area (Å²) in [5.41, 5.74) is 1.43. The van der Waals surface area contributed by atoms with Gasteiger partial charge in [-0.1, -0.05) is 0 Å². The molecule has 106 valence electrons. The van der Waals surface area contributed by atoms with Crippen molar-refractivity contribution in [2.24, 2.45) is 0 Å². The second-order valence-corrected chi connectivity index (χ2v) is 5.01. The van der Waals surface area contributed by atoms with Crippen molar-refractivity contribution in [3.8, 4) is 0 Å². The van der Waals surface area contributed by atoms with Crippen molar-refractivity contribution < 1.29 is 19.5 Å².